The van der Waals surface area contributed by atoms with Crippen LogP contribution in [0.25, 0.3) is 0 Å². The number of pyridine rings is 1. The van der Waals surface area contributed by atoms with Crippen LogP contribution < -0.4 is 5.32 Å². The zero-order valence-electron chi connectivity index (χ0n) is 21.0. The summed E-state index contributed by atoms with van der Waals surface area (Å²) in [6.45, 7) is 5.94. The fraction of sp³-hybridized carbons (Fsp3) is 0.586. The van der Waals surface area contributed by atoms with Gasteiger partial charge in [0.1, 0.15) is 0 Å². The number of carbonyl (C=O) groups excluding carboxylic acids is 1. The second kappa shape index (κ2) is 9.56. The van der Waals surface area contributed by atoms with Crippen LogP contribution in [0.5, 0.6) is 0 Å². The molecule has 1 aromatic carbocycles. The lowest BCUT2D eigenvalue weighted by Crippen LogP contribution is -2.33. The van der Waals surface area contributed by atoms with Crippen molar-refractivity contribution in [3.05, 3.63) is 63.5 Å². The molecule has 0 radical (unpaired) electrons. The van der Waals surface area contributed by atoms with E-state index in [1.54, 1.807) is 0 Å². The molecule has 1 atom stereocenters. The third-order valence-electron chi connectivity index (χ3n) is 8.30. The summed E-state index contributed by atoms with van der Waals surface area (Å²) in [4.78, 5) is 19.3. The van der Waals surface area contributed by atoms with Crippen molar-refractivity contribution < 1.29 is 23.1 Å². The Balaban J connectivity index is 1.72. The first-order valence-electron chi connectivity index (χ1n) is 13.2. The fourth-order valence-electron chi connectivity index (χ4n) is 6.57. The zero-order chi connectivity index (χ0) is 25.7. The molecule has 3 aliphatic rings. The third kappa shape index (κ3) is 4.84. The Labute approximate surface area is 210 Å². The van der Waals surface area contributed by atoms with E-state index in [1.807, 2.05) is 0 Å². The molecule has 2 fully saturated rings. The standard InChI is InChI=1S/C29H35F3N2O2/c1-28(2)15-21-24(22(35)16-28)23(17-11-13-33-14-12-17)25(26(34-21)18-5-3-4-6-18)27(36)19-7-9-20(10-8-19)29(30,31)32/h7-10,17-18,22,33,35H,3-6,11-16H2,1-2H3/t22-/m0/s1. The lowest BCUT2D eigenvalue weighted by atomic mass is 9.69. The number of aliphatic hydroxyl groups is 1. The van der Waals surface area contributed by atoms with Crippen molar-refractivity contribution in [2.45, 2.75) is 89.3 Å². The maximum absolute atomic E-state index is 14.1. The molecule has 2 aliphatic carbocycles. The Bertz CT molecular complexity index is 1130. The highest BCUT2D eigenvalue weighted by molar-refractivity contribution is 6.11. The minimum Gasteiger partial charge on any atom is -0.388 e. The first-order chi connectivity index (χ1) is 17.0. The molecule has 1 aromatic heterocycles. The minimum atomic E-state index is -4.46. The van der Waals surface area contributed by atoms with E-state index in [0.29, 0.717) is 12.0 Å². The number of fused-ring (bicyclic) bond motifs is 1. The second-order valence-corrected chi connectivity index (χ2v) is 11.6. The fourth-order valence-corrected chi connectivity index (χ4v) is 6.57. The molecule has 4 nitrogen and oxygen atoms in total. The molecular weight excluding hydrogens is 465 g/mol. The van der Waals surface area contributed by atoms with Crippen LogP contribution in [0.15, 0.2) is 24.3 Å². The lowest BCUT2D eigenvalue weighted by Gasteiger charge is -2.39. The smallest absolute Gasteiger partial charge is 0.388 e. The molecule has 194 valence electrons. The minimum absolute atomic E-state index is 0.100. The quantitative estimate of drug-likeness (QED) is 0.473. The topological polar surface area (TPSA) is 62.2 Å². The number of alkyl halides is 3. The number of halogens is 3. The summed E-state index contributed by atoms with van der Waals surface area (Å²) in [6, 6.07) is 4.54. The lowest BCUT2D eigenvalue weighted by molar-refractivity contribution is -0.137. The first-order valence-corrected chi connectivity index (χ1v) is 13.2. The van der Waals surface area contributed by atoms with E-state index in [1.165, 1.54) is 12.1 Å². The summed E-state index contributed by atoms with van der Waals surface area (Å²) >= 11 is 0. The number of nitrogens with one attached hydrogen (secondary N) is 1. The third-order valence-corrected chi connectivity index (χ3v) is 8.30. The monoisotopic (exact) mass is 500 g/mol. The maximum atomic E-state index is 14.1. The van der Waals surface area contributed by atoms with Gasteiger partial charge in [0.05, 0.1) is 17.4 Å². The number of hydrogen-bond acceptors (Lipinski definition) is 4. The molecule has 1 aliphatic heterocycles. The molecule has 5 rings (SSSR count). The van der Waals surface area contributed by atoms with Crippen LogP contribution in [-0.2, 0) is 12.6 Å². The van der Waals surface area contributed by atoms with Gasteiger partial charge in [0.2, 0.25) is 0 Å². The van der Waals surface area contributed by atoms with Crippen LogP contribution in [0.4, 0.5) is 13.2 Å². The van der Waals surface area contributed by atoms with Gasteiger partial charge in [0.15, 0.2) is 5.78 Å². The number of ketones is 1. The van der Waals surface area contributed by atoms with E-state index in [4.69, 9.17) is 4.98 Å². The molecule has 0 spiro atoms. The second-order valence-electron chi connectivity index (χ2n) is 11.6. The van der Waals surface area contributed by atoms with E-state index in [9.17, 15) is 23.1 Å². The first kappa shape index (κ1) is 25.4. The van der Waals surface area contributed by atoms with Gasteiger partial charge in [-0.25, -0.2) is 0 Å². The molecule has 36 heavy (non-hydrogen) atoms. The van der Waals surface area contributed by atoms with Crippen LogP contribution in [0, 0.1) is 5.41 Å². The van der Waals surface area contributed by atoms with Crippen molar-refractivity contribution in [1.29, 1.82) is 0 Å². The van der Waals surface area contributed by atoms with E-state index in [0.717, 1.165) is 92.7 Å². The normalized spacial score (nSPS) is 23.0. The molecule has 1 saturated heterocycles. The maximum Gasteiger partial charge on any atom is 0.416 e. The SMILES string of the molecule is CC1(C)Cc2nc(C3CCCC3)c(C(=O)c3ccc(C(F)(F)F)cc3)c(C3CCNCC3)c2[C@@H](O)C1. The van der Waals surface area contributed by atoms with Gasteiger partial charge in [0, 0.05) is 28.3 Å². The number of rotatable bonds is 4. The van der Waals surface area contributed by atoms with E-state index in [2.05, 4.69) is 19.2 Å². The summed E-state index contributed by atoms with van der Waals surface area (Å²) in [7, 11) is 0. The van der Waals surface area contributed by atoms with Crippen molar-refractivity contribution in [2.75, 3.05) is 13.1 Å². The number of aromatic nitrogens is 1. The largest absolute Gasteiger partial charge is 0.416 e. The summed E-state index contributed by atoms with van der Waals surface area (Å²) in [5.41, 5.74) is 3.34. The van der Waals surface area contributed by atoms with Gasteiger partial charge in [-0.2, -0.15) is 13.2 Å². The van der Waals surface area contributed by atoms with E-state index < -0.39 is 17.8 Å². The van der Waals surface area contributed by atoms with Gasteiger partial charge < -0.3 is 10.4 Å². The van der Waals surface area contributed by atoms with Crippen LogP contribution in [-0.4, -0.2) is 29.0 Å². The van der Waals surface area contributed by atoms with Crippen LogP contribution >= 0.6 is 0 Å². The molecule has 2 heterocycles. The van der Waals surface area contributed by atoms with Gasteiger partial charge in [-0.15, -0.1) is 0 Å². The number of benzene rings is 1. The van der Waals surface area contributed by atoms with Crippen LogP contribution in [0.1, 0.15) is 121 Å². The predicted octanol–water partition coefficient (Wildman–Crippen LogP) is 6.46. The van der Waals surface area contributed by atoms with Crippen molar-refractivity contribution in [3.8, 4) is 0 Å². The molecule has 2 aromatic rings. The molecule has 0 bridgehead atoms. The van der Waals surface area contributed by atoms with Gasteiger partial charge in [-0.05, 0) is 80.6 Å². The van der Waals surface area contributed by atoms with Gasteiger partial charge in [-0.1, -0.05) is 38.8 Å². The highest BCUT2D eigenvalue weighted by atomic mass is 19.4. The number of nitrogens with zero attached hydrogens (tertiary/aromatic N) is 1. The van der Waals surface area contributed by atoms with Gasteiger partial charge in [-0.3, -0.25) is 9.78 Å². The average molecular weight is 501 g/mol. The Morgan fingerprint density at radius 1 is 1.00 bits per heavy atom. The summed E-state index contributed by atoms with van der Waals surface area (Å²) in [5, 5.41) is 14.8. The Kier molecular flexibility index (Phi) is 6.75. The molecule has 7 heteroatoms. The highest BCUT2D eigenvalue weighted by Gasteiger charge is 2.40. The molecule has 0 amide bonds. The highest BCUT2D eigenvalue weighted by Crippen LogP contribution is 2.48. The van der Waals surface area contributed by atoms with Crippen molar-refractivity contribution in [3.63, 3.8) is 0 Å². The van der Waals surface area contributed by atoms with Crippen LogP contribution in [0.3, 0.4) is 0 Å². The van der Waals surface area contributed by atoms with E-state index >= 15 is 0 Å². The van der Waals surface area contributed by atoms with Gasteiger partial charge in [0.25, 0.3) is 0 Å². The summed E-state index contributed by atoms with van der Waals surface area (Å²) < 4.78 is 39.6. The number of piperidine rings is 1. The zero-order valence-corrected chi connectivity index (χ0v) is 21.0. The van der Waals surface area contributed by atoms with Crippen molar-refractivity contribution in [1.82, 2.24) is 10.3 Å². The van der Waals surface area contributed by atoms with E-state index in [-0.39, 0.29) is 28.6 Å². The Morgan fingerprint density at radius 3 is 2.25 bits per heavy atom. The number of aliphatic hydroxyl groups excluding tert-OH is 1. The Hall–Kier alpha value is -2.25. The molecule has 0 unspecified atom stereocenters. The number of carbonyl (C=O) groups is 1. The average Bonchev–Trinajstić information content (AvgIpc) is 3.37. The number of hydrogen-bond donors (Lipinski definition) is 2. The molecule has 2 N–H and O–H groups in total. The summed E-state index contributed by atoms with van der Waals surface area (Å²) in [5.74, 6) is -0.00903. The van der Waals surface area contributed by atoms with Crippen molar-refractivity contribution in [2.24, 2.45) is 5.41 Å². The summed E-state index contributed by atoms with van der Waals surface area (Å²) in [6.07, 6.45) is 1.94. The predicted molar refractivity (Wildman–Crippen MR) is 132 cm³/mol. The Morgan fingerprint density at radius 2 is 1.64 bits per heavy atom. The van der Waals surface area contributed by atoms with Gasteiger partial charge >= 0.3 is 6.18 Å². The molecule has 1 saturated carbocycles. The van der Waals surface area contributed by atoms with Crippen molar-refractivity contribution >= 4 is 5.78 Å². The molecular formula is C29H35F3N2O2. The van der Waals surface area contributed by atoms with Crippen LogP contribution in [0.2, 0.25) is 0 Å².